The number of anilines is 1. The van der Waals surface area contributed by atoms with Crippen LogP contribution in [0, 0.1) is 17.0 Å². The summed E-state index contributed by atoms with van der Waals surface area (Å²) >= 11 is 0. The third-order valence-corrected chi connectivity index (χ3v) is 3.22. The van der Waals surface area contributed by atoms with E-state index in [1.54, 1.807) is 6.92 Å². The van der Waals surface area contributed by atoms with Gasteiger partial charge in [-0.2, -0.15) is 0 Å². The number of nitro groups is 1. The molecule has 1 aromatic carbocycles. The quantitative estimate of drug-likeness (QED) is 0.367. The van der Waals surface area contributed by atoms with Gasteiger partial charge in [0.25, 0.3) is 5.69 Å². The topological polar surface area (TPSA) is 113 Å². The Morgan fingerprint density at radius 1 is 1.29 bits per heavy atom. The standard InChI is InChI=1S/C14H20N2O5/c1-10-12(15-6-4-2-3-5-7-17)8-11(14(18)19)9-13(10)16(20)21/h8-9,15,17H,2-7H2,1H3,(H,18,19). The number of nitrogens with zero attached hydrogens (tertiary/aromatic N) is 1. The van der Waals surface area contributed by atoms with Crippen molar-refractivity contribution in [3.63, 3.8) is 0 Å². The Labute approximate surface area is 122 Å². The van der Waals surface area contributed by atoms with Crippen LogP contribution in [0.4, 0.5) is 11.4 Å². The number of nitro benzene ring substituents is 1. The van der Waals surface area contributed by atoms with Gasteiger partial charge in [-0.15, -0.1) is 0 Å². The van der Waals surface area contributed by atoms with Crippen LogP contribution < -0.4 is 5.32 Å². The zero-order valence-corrected chi connectivity index (χ0v) is 12.0. The fourth-order valence-electron chi connectivity index (χ4n) is 2.01. The van der Waals surface area contributed by atoms with E-state index in [0.717, 1.165) is 31.7 Å². The molecular weight excluding hydrogens is 276 g/mol. The Balaban J connectivity index is 2.76. The van der Waals surface area contributed by atoms with Gasteiger partial charge in [-0.05, 0) is 25.8 Å². The fourth-order valence-corrected chi connectivity index (χ4v) is 2.01. The van der Waals surface area contributed by atoms with E-state index in [1.165, 1.54) is 6.07 Å². The first-order valence-corrected chi connectivity index (χ1v) is 6.84. The summed E-state index contributed by atoms with van der Waals surface area (Å²) in [6, 6.07) is 2.49. The highest BCUT2D eigenvalue weighted by atomic mass is 16.6. The number of hydrogen-bond acceptors (Lipinski definition) is 5. The number of rotatable bonds is 9. The molecule has 0 aromatic heterocycles. The van der Waals surface area contributed by atoms with E-state index in [0.29, 0.717) is 17.8 Å². The van der Waals surface area contributed by atoms with Crippen LogP contribution >= 0.6 is 0 Å². The molecule has 3 N–H and O–H groups in total. The third kappa shape index (κ3) is 5.03. The summed E-state index contributed by atoms with van der Waals surface area (Å²) in [6.07, 6.45) is 3.48. The van der Waals surface area contributed by atoms with Crippen LogP contribution in [0.5, 0.6) is 0 Å². The number of carboxylic acids is 1. The number of aliphatic hydroxyl groups excluding tert-OH is 1. The van der Waals surface area contributed by atoms with Crippen LogP contribution in [0.25, 0.3) is 0 Å². The predicted molar refractivity (Wildman–Crippen MR) is 78.8 cm³/mol. The molecule has 7 heteroatoms. The molecule has 0 radical (unpaired) electrons. The summed E-state index contributed by atoms with van der Waals surface area (Å²) in [4.78, 5) is 21.4. The van der Waals surface area contributed by atoms with E-state index >= 15 is 0 Å². The monoisotopic (exact) mass is 296 g/mol. The SMILES string of the molecule is Cc1c(NCCCCCCO)cc(C(=O)O)cc1[N+](=O)[O-]. The van der Waals surface area contributed by atoms with E-state index in [2.05, 4.69) is 5.32 Å². The molecule has 116 valence electrons. The third-order valence-electron chi connectivity index (χ3n) is 3.22. The normalized spacial score (nSPS) is 10.4. The molecule has 0 spiro atoms. The van der Waals surface area contributed by atoms with Crippen molar-refractivity contribution >= 4 is 17.3 Å². The number of nitrogens with one attached hydrogen (secondary N) is 1. The Morgan fingerprint density at radius 2 is 1.95 bits per heavy atom. The lowest BCUT2D eigenvalue weighted by molar-refractivity contribution is -0.385. The molecule has 0 amide bonds. The molecule has 21 heavy (non-hydrogen) atoms. The van der Waals surface area contributed by atoms with E-state index < -0.39 is 10.9 Å². The van der Waals surface area contributed by atoms with Crippen molar-refractivity contribution in [2.75, 3.05) is 18.5 Å². The van der Waals surface area contributed by atoms with E-state index in [9.17, 15) is 14.9 Å². The predicted octanol–water partition coefficient (Wildman–Crippen LogP) is 2.57. The van der Waals surface area contributed by atoms with Gasteiger partial charge in [-0.1, -0.05) is 12.8 Å². The molecule has 0 unspecified atom stereocenters. The Morgan fingerprint density at radius 3 is 2.52 bits per heavy atom. The number of carbonyl (C=O) groups is 1. The number of aromatic carboxylic acids is 1. The number of hydrogen-bond donors (Lipinski definition) is 3. The lowest BCUT2D eigenvalue weighted by Crippen LogP contribution is -2.07. The summed E-state index contributed by atoms with van der Waals surface area (Å²) < 4.78 is 0. The minimum Gasteiger partial charge on any atom is -0.478 e. The maximum atomic E-state index is 11.0. The summed E-state index contributed by atoms with van der Waals surface area (Å²) in [5.74, 6) is -1.19. The summed E-state index contributed by atoms with van der Waals surface area (Å²) in [7, 11) is 0. The van der Waals surface area contributed by atoms with E-state index in [4.69, 9.17) is 10.2 Å². The largest absolute Gasteiger partial charge is 0.478 e. The van der Waals surface area contributed by atoms with E-state index in [1.807, 2.05) is 0 Å². The maximum Gasteiger partial charge on any atom is 0.336 e. The first-order chi connectivity index (χ1) is 9.97. The van der Waals surface area contributed by atoms with Crippen LogP contribution in [0.2, 0.25) is 0 Å². The van der Waals surface area contributed by atoms with Crippen LogP contribution in [0.3, 0.4) is 0 Å². The zero-order chi connectivity index (χ0) is 15.8. The van der Waals surface area contributed by atoms with Crippen molar-refractivity contribution < 1.29 is 19.9 Å². The fraction of sp³-hybridized carbons (Fsp3) is 0.500. The lowest BCUT2D eigenvalue weighted by Gasteiger charge is -2.11. The summed E-state index contributed by atoms with van der Waals surface area (Å²) in [6.45, 7) is 2.38. The lowest BCUT2D eigenvalue weighted by atomic mass is 10.1. The van der Waals surface area contributed by atoms with Gasteiger partial charge in [0.1, 0.15) is 0 Å². The Kier molecular flexibility index (Phi) is 6.61. The Hall–Kier alpha value is -2.15. The van der Waals surface area contributed by atoms with Crippen LogP contribution in [0.15, 0.2) is 12.1 Å². The average Bonchev–Trinajstić information content (AvgIpc) is 2.43. The molecule has 0 atom stereocenters. The molecule has 0 aliphatic heterocycles. The smallest absolute Gasteiger partial charge is 0.336 e. The molecular formula is C14H20N2O5. The molecule has 0 saturated carbocycles. The van der Waals surface area contributed by atoms with Gasteiger partial charge in [-0.25, -0.2) is 4.79 Å². The zero-order valence-electron chi connectivity index (χ0n) is 12.0. The van der Waals surface area contributed by atoms with Gasteiger partial charge in [0.2, 0.25) is 0 Å². The first kappa shape index (κ1) is 16.9. The molecule has 0 aliphatic carbocycles. The first-order valence-electron chi connectivity index (χ1n) is 6.84. The summed E-state index contributed by atoms with van der Waals surface area (Å²) in [5, 5.41) is 31.7. The second-order valence-electron chi connectivity index (χ2n) is 4.79. The van der Waals surface area contributed by atoms with Crippen molar-refractivity contribution in [2.45, 2.75) is 32.6 Å². The van der Waals surface area contributed by atoms with Crippen molar-refractivity contribution in [1.82, 2.24) is 0 Å². The molecule has 0 heterocycles. The van der Waals surface area contributed by atoms with Gasteiger partial charge in [0.15, 0.2) is 0 Å². The second-order valence-corrected chi connectivity index (χ2v) is 4.79. The van der Waals surface area contributed by atoms with E-state index in [-0.39, 0.29) is 17.9 Å². The molecule has 1 aromatic rings. The van der Waals surface area contributed by atoms with Gasteiger partial charge >= 0.3 is 5.97 Å². The maximum absolute atomic E-state index is 11.0. The highest BCUT2D eigenvalue weighted by molar-refractivity contribution is 5.90. The number of carboxylic acid groups (broad SMARTS) is 1. The van der Waals surface area contributed by atoms with Gasteiger partial charge in [-0.3, -0.25) is 10.1 Å². The number of unbranched alkanes of at least 4 members (excludes halogenated alkanes) is 3. The molecule has 0 aliphatic rings. The highest BCUT2D eigenvalue weighted by Gasteiger charge is 2.18. The van der Waals surface area contributed by atoms with Crippen LogP contribution in [-0.4, -0.2) is 34.3 Å². The summed E-state index contributed by atoms with van der Waals surface area (Å²) in [5.41, 5.74) is 0.608. The second kappa shape index (κ2) is 8.21. The minimum absolute atomic E-state index is 0.102. The molecule has 1 rings (SSSR count). The van der Waals surface area contributed by atoms with Crippen LogP contribution in [-0.2, 0) is 0 Å². The number of benzene rings is 1. The van der Waals surface area contributed by atoms with Gasteiger partial charge in [0, 0.05) is 30.5 Å². The Bertz CT molecular complexity index is 516. The molecule has 0 saturated heterocycles. The average molecular weight is 296 g/mol. The minimum atomic E-state index is -1.19. The van der Waals surface area contributed by atoms with Crippen molar-refractivity contribution in [3.05, 3.63) is 33.4 Å². The van der Waals surface area contributed by atoms with Crippen LogP contribution in [0.1, 0.15) is 41.6 Å². The van der Waals surface area contributed by atoms with Crippen molar-refractivity contribution in [2.24, 2.45) is 0 Å². The van der Waals surface area contributed by atoms with Crippen molar-refractivity contribution in [3.8, 4) is 0 Å². The molecule has 7 nitrogen and oxygen atoms in total. The highest BCUT2D eigenvalue weighted by Crippen LogP contribution is 2.27. The number of aliphatic hydroxyl groups is 1. The molecule has 0 fully saturated rings. The van der Waals surface area contributed by atoms with Crippen molar-refractivity contribution in [1.29, 1.82) is 0 Å². The molecule has 0 bridgehead atoms. The van der Waals surface area contributed by atoms with Gasteiger partial charge < -0.3 is 15.5 Å². The van der Waals surface area contributed by atoms with Gasteiger partial charge in [0.05, 0.1) is 10.5 Å².